The number of carbonyl (C=O) groups is 2. The average Bonchev–Trinajstić information content (AvgIpc) is 2.85. The van der Waals surface area contributed by atoms with Gasteiger partial charge in [-0.2, -0.15) is 0 Å². The quantitative estimate of drug-likeness (QED) is 0.450. The second kappa shape index (κ2) is 13.6. The van der Waals surface area contributed by atoms with E-state index >= 15 is 0 Å². The number of anilines is 2. The molecule has 0 saturated heterocycles. The molecule has 0 aromatic heterocycles. The highest BCUT2D eigenvalue weighted by Crippen LogP contribution is 2.31. The van der Waals surface area contributed by atoms with Gasteiger partial charge in [-0.3, -0.25) is 4.79 Å². The summed E-state index contributed by atoms with van der Waals surface area (Å²) >= 11 is 6.02. The maximum atomic E-state index is 13.1. The molecule has 2 amide bonds. The van der Waals surface area contributed by atoms with Crippen LogP contribution in [0.4, 0.5) is 16.2 Å². The third kappa shape index (κ3) is 9.44. The van der Waals surface area contributed by atoms with Crippen LogP contribution in [0.3, 0.4) is 0 Å². The second-order valence-corrected chi connectivity index (χ2v) is 11.8. The van der Waals surface area contributed by atoms with Crippen LogP contribution in [0.1, 0.15) is 25.7 Å². The number of ether oxygens (including phenoxy) is 2. The number of benzene rings is 2. The van der Waals surface area contributed by atoms with Gasteiger partial charge in [-0.05, 0) is 73.9 Å². The molecule has 1 aliphatic rings. The van der Waals surface area contributed by atoms with Crippen LogP contribution < -0.4 is 10.2 Å². The Labute approximate surface area is 217 Å². The van der Waals surface area contributed by atoms with E-state index < -0.39 is 15.9 Å². The molecule has 196 valence electrons. The van der Waals surface area contributed by atoms with Crippen molar-refractivity contribution in [3.05, 3.63) is 59.6 Å². The first-order chi connectivity index (χ1) is 17.2. The molecule has 1 N–H and O–H groups in total. The summed E-state index contributed by atoms with van der Waals surface area (Å²) in [5.74, 6) is 0.210. The molecule has 1 saturated carbocycles. The van der Waals surface area contributed by atoms with Crippen LogP contribution in [0.5, 0.6) is 0 Å². The van der Waals surface area contributed by atoms with E-state index in [4.69, 9.17) is 21.1 Å². The molecule has 10 heteroatoms. The van der Waals surface area contributed by atoms with Crippen molar-refractivity contribution in [3.63, 3.8) is 0 Å². The van der Waals surface area contributed by atoms with Crippen LogP contribution >= 0.6 is 11.6 Å². The van der Waals surface area contributed by atoms with Crippen LogP contribution in [-0.4, -0.2) is 58.8 Å². The largest absolute Gasteiger partial charge is 0.449 e. The maximum Gasteiger partial charge on any atom is 0.418 e. The van der Waals surface area contributed by atoms with Gasteiger partial charge in [-0.25, -0.2) is 18.1 Å². The average molecular weight is 537 g/mol. The minimum Gasteiger partial charge on any atom is -0.449 e. The second-order valence-electron chi connectivity index (χ2n) is 9.11. The van der Waals surface area contributed by atoms with Crippen LogP contribution in [0.25, 0.3) is 0 Å². The van der Waals surface area contributed by atoms with E-state index in [2.05, 4.69) is 5.32 Å². The van der Waals surface area contributed by atoms with E-state index in [9.17, 15) is 18.0 Å². The fourth-order valence-corrected chi connectivity index (χ4v) is 4.69. The molecule has 0 atom stereocenters. The van der Waals surface area contributed by atoms with E-state index in [0.29, 0.717) is 35.5 Å². The minimum atomic E-state index is -3.10. The van der Waals surface area contributed by atoms with Gasteiger partial charge in [0.2, 0.25) is 5.91 Å². The van der Waals surface area contributed by atoms with Crippen LogP contribution in [-0.2, 0) is 24.1 Å². The third-order valence-electron chi connectivity index (χ3n) is 6.07. The van der Waals surface area contributed by atoms with Gasteiger partial charge >= 0.3 is 6.09 Å². The number of rotatable bonds is 11. The van der Waals surface area contributed by atoms with Gasteiger partial charge in [0.15, 0.2) is 0 Å². The van der Waals surface area contributed by atoms with Crippen molar-refractivity contribution in [1.82, 2.24) is 5.32 Å². The lowest BCUT2D eigenvalue weighted by molar-refractivity contribution is -0.126. The molecule has 1 fully saturated rings. The summed E-state index contributed by atoms with van der Waals surface area (Å²) in [7, 11) is -3.10. The fourth-order valence-electron chi connectivity index (χ4n) is 4.09. The predicted molar refractivity (Wildman–Crippen MR) is 140 cm³/mol. The number of para-hydroxylation sites is 1. The van der Waals surface area contributed by atoms with Crippen molar-refractivity contribution in [3.8, 4) is 0 Å². The summed E-state index contributed by atoms with van der Waals surface area (Å²) in [5, 5.41) is 3.14. The van der Waals surface area contributed by atoms with Gasteiger partial charge in [0.1, 0.15) is 16.4 Å². The number of sulfone groups is 1. The Balaban J connectivity index is 1.40. The van der Waals surface area contributed by atoms with Crippen LogP contribution in [0, 0.1) is 11.8 Å². The zero-order valence-electron chi connectivity index (χ0n) is 20.4. The number of carbonyl (C=O) groups excluding carboxylic acids is 2. The van der Waals surface area contributed by atoms with E-state index in [1.165, 1.54) is 4.90 Å². The molecular weight excluding hydrogens is 504 g/mol. The van der Waals surface area contributed by atoms with Crippen LogP contribution in [0.15, 0.2) is 54.6 Å². The summed E-state index contributed by atoms with van der Waals surface area (Å²) in [6.45, 7) is 0.822. The van der Waals surface area contributed by atoms with Crippen molar-refractivity contribution >= 4 is 44.8 Å². The van der Waals surface area contributed by atoms with Crippen molar-refractivity contribution in [2.75, 3.05) is 43.3 Å². The normalized spacial score (nSPS) is 17.8. The number of nitrogens with zero attached hydrogens (tertiary/aromatic N) is 1. The predicted octanol–water partition coefficient (Wildman–Crippen LogP) is 4.60. The molecule has 0 spiro atoms. The molecule has 3 rings (SSSR count). The number of nitrogens with one attached hydrogen (secondary N) is 1. The molecule has 0 aliphatic heterocycles. The van der Waals surface area contributed by atoms with Gasteiger partial charge < -0.3 is 14.8 Å². The van der Waals surface area contributed by atoms with E-state index in [1.54, 1.807) is 24.3 Å². The van der Waals surface area contributed by atoms with Crippen molar-refractivity contribution in [2.24, 2.45) is 11.8 Å². The molecule has 0 radical (unpaired) electrons. The van der Waals surface area contributed by atoms with Gasteiger partial charge in [0, 0.05) is 17.8 Å². The summed E-state index contributed by atoms with van der Waals surface area (Å²) < 4.78 is 33.4. The smallest absolute Gasteiger partial charge is 0.418 e. The lowest BCUT2D eigenvalue weighted by Gasteiger charge is -2.29. The van der Waals surface area contributed by atoms with Gasteiger partial charge in [0.05, 0.1) is 30.3 Å². The Hall–Kier alpha value is -2.62. The standard InChI is InChI=1S/C26H33ClN2O6S/c1-36(32,33)16-15-28-25(30)19-34-17-20-7-9-21(10-8-20)18-35-26(31)29(23-5-3-2-4-6-23)24-13-11-22(27)12-14-24/h2-6,11-14,20-21H,7-10,15-19H2,1H3,(H,28,30)/t20-,21-. The molecule has 0 heterocycles. The minimum absolute atomic E-state index is 0.0820. The Morgan fingerprint density at radius 2 is 1.53 bits per heavy atom. The van der Waals surface area contributed by atoms with E-state index in [1.807, 2.05) is 30.3 Å². The van der Waals surface area contributed by atoms with E-state index in [-0.39, 0.29) is 30.7 Å². The number of amides is 2. The summed E-state index contributed by atoms with van der Waals surface area (Å²) in [5.41, 5.74) is 1.39. The molecule has 8 nitrogen and oxygen atoms in total. The molecule has 1 aliphatic carbocycles. The third-order valence-corrected chi connectivity index (χ3v) is 7.27. The number of hydrogen-bond acceptors (Lipinski definition) is 6. The van der Waals surface area contributed by atoms with Gasteiger partial charge in [-0.1, -0.05) is 29.8 Å². The molecule has 2 aromatic rings. The first-order valence-corrected chi connectivity index (χ1v) is 14.4. The zero-order valence-corrected chi connectivity index (χ0v) is 22.0. The van der Waals surface area contributed by atoms with Crippen molar-refractivity contribution in [1.29, 1.82) is 0 Å². The lowest BCUT2D eigenvalue weighted by atomic mass is 9.83. The Kier molecular flexibility index (Phi) is 10.6. The molecule has 36 heavy (non-hydrogen) atoms. The first-order valence-electron chi connectivity index (χ1n) is 12.0. The SMILES string of the molecule is CS(=O)(=O)CCNC(=O)COC[C@H]1CC[C@H](COC(=O)N(c2ccccc2)c2ccc(Cl)cc2)CC1. The Morgan fingerprint density at radius 1 is 0.944 bits per heavy atom. The Bertz CT molecular complexity index is 1090. The molecule has 0 unspecified atom stereocenters. The summed E-state index contributed by atoms with van der Waals surface area (Å²) in [4.78, 5) is 26.3. The van der Waals surface area contributed by atoms with Gasteiger partial charge in [0.25, 0.3) is 0 Å². The van der Waals surface area contributed by atoms with E-state index in [0.717, 1.165) is 31.9 Å². The van der Waals surface area contributed by atoms with Crippen LogP contribution in [0.2, 0.25) is 5.02 Å². The maximum absolute atomic E-state index is 13.1. The van der Waals surface area contributed by atoms with Crippen molar-refractivity contribution in [2.45, 2.75) is 25.7 Å². The van der Waals surface area contributed by atoms with Gasteiger partial charge in [-0.15, -0.1) is 0 Å². The molecule has 0 bridgehead atoms. The Morgan fingerprint density at radius 3 is 2.14 bits per heavy atom. The fraction of sp³-hybridized carbons (Fsp3) is 0.462. The highest BCUT2D eigenvalue weighted by atomic mass is 35.5. The zero-order chi connectivity index (χ0) is 26.0. The summed E-state index contributed by atoms with van der Waals surface area (Å²) in [6, 6.07) is 16.4. The first kappa shape index (κ1) is 28.0. The molecule has 2 aromatic carbocycles. The monoisotopic (exact) mass is 536 g/mol. The highest BCUT2D eigenvalue weighted by molar-refractivity contribution is 7.90. The highest BCUT2D eigenvalue weighted by Gasteiger charge is 2.25. The number of halogens is 1. The topological polar surface area (TPSA) is 102 Å². The van der Waals surface area contributed by atoms with Crippen molar-refractivity contribution < 1.29 is 27.5 Å². The summed E-state index contributed by atoms with van der Waals surface area (Å²) in [6.07, 6.45) is 4.37. The lowest BCUT2D eigenvalue weighted by Crippen LogP contribution is -2.32. The number of hydrogen-bond donors (Lipinski definition) is 1. The molecular formula is C26H33ClN2O6S.